The third-order valence-corrected chi connectivity index (χ3v) is 6.03. The van der Waals surface area contributed by atoms with Crippen LogP contribution < -0.4 is 10.0 Å². The number of sulfonamides is 1. The molecule has 3 aromatic rings. The summed E-state index contributed by atoms with van der Waals surface area (Å²) in [6.45, 7) is 2.68. The second kappa shape index (κ2) is 10.5. The van der Waals surface area contributed by atoms with Gasteiger partial charge in [0.15, 0.2) is 5.95 Å². The Morgan fingerprint density at radius 2 is 2.00 bits per heavy atom. The molecule has 1 amide bonds. The van der Waals surface area contributed by atoms with E-state index in [1.807, 2.05) is 0 Å². The highest BCUT2D eigenvalue weighted by Crippen LogP contribution is 2.23. The standard InChI is InChI=1S/C20H24N6O7S/c1-3-11-32-26(17(27)16-9-10-23-33-16)20(18(28)29,13-22-19-21-12-14(2)24-19)25-34(30,31)15-7-5-4-6-8-15/h4-10,12,25H,3,11,13H2,1-2H3,(H,28,29)(H2,21,22,24). The van der Waals surface area contributed by atoms with Gasteiger partial charge in [-0.2, -0.15) is 9.79 Å². The molecule has 34 heavy (non-hydrogen) atoms. The van der Waals surface area contributed by atoms with Crippen LogP contribution in [0, 0.1) is 6.92 Å². The second-order valence-electron chi connectivity index (χ2n) is 7.14. The van der Waals surface area contributed by atoms with Gasteiger partial charge in [0.1, 0.15) is 0 Å². The van der Waals surface area contributed by atoms with Gasteiger partial charge in [-0.15, -0.1) is 0 Å². The predicted molar refractivity (Wildman–Crippen MR) is 118 cm³/mol. The monoisotopic (exact) mass is 492 g/mol. The molecule has 0 aliphatic heterocycles. The lowest BCUT2D eigenvalue weighted by Crippen LogP contribution is -2.70. The summed E-state index contributed by atoms with van der Waals surface area (Å²) in [5.74, 6) is -2.97. The fourth-order valence-corrected chi connectivity index (χ4v) is 4.22. The van der Waals surface area contributed by atoms with E-state index in [0.717, 1.165) is 0 Å². The van der Waals surface area contributed by atoms with Crippen LogP contribution in [-0.2, 0) is 19.7 Å². The first-order valence-electron chi connectivity index (χ1n) is 10.2. The molecule has 182 valence electrons. The van der Waals surface area contributed by atoms with Gasteiger partial charge < -0.3 is 19.9 Å². The van der Waals surface area contributed by atoms with Gasteiger partial charge in [0.25, 0.3) is 0 Å². The predicted octanol–water partition coefficient (Wildman–Crippen LogP) is 1.36. The highest BCUT2D eigenvalue weighted by molar-refractivity contribution is 7.89. The van der Waals surface area contributed by atoms with Gasteiger partial charge in [0.05, 0.1) is 29.9 Å². The van der Waals surface area contributed by atoms with E-state index in [0.29, 0.717) is 17.2 Å². The van der Waals surface area contributed by atoms with Crippen molar-refractivity contribution in [3.05, 3.63) is 60.2 Å². The minimum absolute atomic E-state index is 0.0954. The topological polar surface area (TPSA) is 180 Å². The Hall–Kier alpha value is -3.75. The number of hydroxylamine groups is 2. The number of amides is 1. The first-order chi connectivity index (χ1) is 16.2. The Labute approximate surface area is 195 Å². The molecule has 0 aliphatic rings. The molecular weight excluding hydrogens is 468 g/mol. The van der Waals surface area contributed by atoms with Crippen molar-refractivity contribution in [2.45, 2.75) is 30.8 Å². The number of benzene rings is 1. The van der Waals surface area contributed by atoms with Crippen LogP contribution in [-0.4, -0.2) is 64.4 Å². The molecule has 1 unspecified atom stereocenters. The number of nitrogens with zero attached hydrogens (tertiary/aromatic N) is 3. The summed E-state index contributed by atoms with van der Waals surface area (Å²) in [6.07, 6.45) is 3.14. The third kappa shape index (κ3) is 5.41. The maximum absolute atomic E-state index is 13.2. The Bertz CT molecular complexity index is 1210. The number of carbonyl (C=O) groups is 2. The number of anilines is 1. The van der Waals surface area contributed by atoms with Crippen molar-refractivity contribution in [3.63, 3.8) is 0 Å². The quantitative estimate of drug-likeness (QED) is 0.213. The van der Waals surface area contributed by atoms with Crippen LogP contribution in [0.15, 0.2) is 58.2 Å². The third-order valence-electron chi connectivity index (χ3n) is 4.53. The van der Waals surface area contributed by atoms with Gasteiger partial charge in [-0.1, -0.05) is 30.3 Å². The van der Waals surface area contributed by atoms with E-state index in [1.165, 1.54) is 36.5 Å². The van der Waals surface area contributed by atoms with Crippen LogP contribution in [0.4, 0.5) is 5.95 Å². The number of nitrogens with one attached hydrogen (secondary N) is 3. The summed E-state index contributed by atoms with van der Waals surface area (Å²) in [4.78, 5) is 38.1. The number of carboxylic acids is 1. The average Bonchev–Trinajstić information content (AvgIpc) is 3.49. The van der Waals surface area contributed by atoms with Gasteiger partial charge in [-0.3, -0.25) is 9.63 Å². The molecule has 2 heterocycles. The highest BCUT2D eigenvalue weighted by Gasteiger charge is 2.52. The summed E-state index contributed by atoms with van der Waals surface area (Å²) in [6, 6.07) is 8.33. The molecule has 0 aliphatic carbocycles. The summed E-state index contributed by atoms with van der Waals surface area (Å²) >= 11 is 0. The van der Waals surface area contributed by atoms with Crippen LogP contribution in [0.25, 0.3) is 0 Å². The fourth-order valence-electron chi connectivity index (χ4n) is 2.90. The lowest BCUT2D eigenvalue weighted by atomic mass is 10.1. The molecule has 0 radical (unpaired) electrons. The summed E-state index contributed by atoms with van der Waals surface area (Å²) in [5.41, 5.74) is -2.06. The number of hydrogen-bond acceptors (Lipinski definition) is 9. The zero-order valence-corrected chi connectivity index (χ0v) is 19.2. The molecule has 0 saturated heterocycles. The van der Waals surface area contributed by atoms with Gasteiger partial charge in [0.2, 0.25) is 21.4 Å². The summed E-state index contributed by atoms with van der Waals surface area (Å²) < 4.78 is 33.4. The molecular formula is C20H24N6O7S. The second-order valence-corrected chi connectivity index (χ2v) is 8.82. The Balaban J connectivity index is 2.11. The van der Waals surface area contributed by atoms with Gasteiger partial charge >= 0.3 is 11.9 Å². The van der Waals surface area contributed by atoms with Gasteiger partial charge in [-0.25, -0.2) is 18.2 Å². The van der Waals surface area contributed by atoms with E-state index in [9.17, 15) is 23.1 Å². The fraction of sp³-hybridized carbons (Fsp3) is 0.300. The van der Waals surface area contributed by atoms with Crippen molar-refractivity contribution in [2.24, 2.45) is 0 Å². The lowest BCUT2D eigenvalue weighted by Gasteiger charge is -2.38. The van der Waals surface area contributed by atoms with Crippen LogP contribution in [0.2, 0.25) is 0 Å². The molecule has 0 spiro atoms. The molecule has 1 aromatic carbocycles. The van der Waals surface area contributed by atoms with E-state index in [1.54, 1.807) is 26.1 Å². The minimum Gasteiger partial charge on any atom is -0.478 e. The minimum atomic E-state index is -4.46. The van der Waals surface area contributed by atoms with E-state index < -0.39 is 34.1 Å². The van der Waals surface area contributed by atoms with Gasteiger partial charge in [0, 0.05) is 12.3 Å². The summed E-state index contributed by atoms with van der Waals surface area (Å²) in [7, 11) is -4.46. The summed E-state index contributed by atoms with van der Waals surface area (Å²) in [5, 5.41) is 16.9. The van der Waals surface area contributed by atoms with E-state index in [2.05, 4.69) is 25.2 Å². The Kier molecular flexibility index (Phi) is 7.65. The number of carbonyl (C=O) groups excluding carboxylic acids is 1. The molecule has 14 heteroatoms. The normalized spacial score (nSPS) is 13.2. The maximum Gasteiger partial charge on any atom is 0.350 e. The number of rotatable bonds is 12. The first-order valence-corrected chi connectivity index (χ1v) is 11.6. The van der Waals surface area contributed by atoms with Crippen molar-refractivity contribution in [1.82, 2.24) is 24.9 Å². The van der Waals surface area contributed by atoms with Gasteiger partial charge in [-0.05, 0) is 25.5 Å². The molecule has 0 fully saturated rings. The number of aromatic nitrogens is 3. The number of imidazole rings is 1. The molecule has 2 aromatic heterocycles. The Morgan fingerprint density at radius 3 is 2.56 bits per heavy atom. The number of aryl methyl sites for hydroxylation is 1. The number of hydrogen-bond donors (Lipinski definition) is 4. The SMILES string of the molecule is CCCON(C(=O)c1ccno1)C(CNc1nc(C)c[nH]1)(NS(=O)(=O)c1ccccc1)C(=O)O. The first kappa shape index (κ1) is 24.9. The number of aliphatic carboxylic acids is 1. The molecule has 3 rings (SSSR count). The number of aromatic amines is 1. The Morgan fingerprint density at radius 1 is 1.26 bits per heavy atom. The molecule has 13 nitrogen and oxygen atoms in total. The smallest absolute Gasteiger partial charge is 0.350 e. The van der Waals surface area contributed by atoms with Crippen LogP contribution in [0.3, 0.4) is 0 Å². The number of carboxylic acid groups (broad SMARTS) is 1. The van der Waals surface area contributed by atoms with Crippen LogP contribution in [0.1, 0.15) is 29.6 Å². The average molecular weight is 493 g/mol. The van der Waals surface area contributed by atoms with Crippen LogP contribution >= 0.6 is 0 Å². The van der Waals surface area contributed by atoms with Crippen LogP contribution in [0.5, 0.6) is 0 Å². The number of H-pyrrole nitrogens is 1. The molecule has 0 bridgehead atoms. The van der Waals surface area contributed by atoms with E-state index in [4.69, 9.17) is 9.36 Å². The van der Waals surface area contributed by atoms with E-state index >= 15 is 0 Å². The van der Waals surface area contributed by atoms with E-state index in [-0.39, 0.29) is 23.2 Å². The zero-order chi connectivity index (χ0) is 24.8. The van der Waals surface area contributed by atoms with Crippen molar-refractivity contribution < 1.29 is 32.5 Å². The van der Waals surface area contributed by atoms with Crippen molar-refractivity contribution in [1.29, 1.82) is 0 Å². The molecule has 0 saturated carbocycles. The largest absolute Gasteiger partial charge is 0.478 e. The zero-order valence-electron chi connectivity index (χ0n) is 18.4. The highest BCUT2D eigenvalue weighted by atomic mass is 32.2. The van der Waals surface area contributed by atoms with Crippen molar-refractivity contribution in [2.75, 3.05) is 18.5 Å². The lowest BCUT2D eigenvalue weighted by molar-refractivity contribution is -0.203. The molecule has 4 N–H and O–H groups in total. The van der Waals surface area contributed by atoms with Crippen molar-refractivity contribution in [3.8, 4) is 0 Å². The molecule has 1 atom stereocenters. The van der Waals surface area contributed by atoms with Crippen molar-refractivity contribution >= 4 is 27.8 Å². The maximum atomic E-state index is 13.2.